The largest absolute Gasteiger partial charge is 0.481 e. The molecule has 3 N–H and O–H groups in total. The molecule has 0 fully saturated rings. The number of carboxylic acid groups (broad SMARTS) is 1. The fraction of sp³-hybridized carbons (Fsp3) is 0.429. The lowest BCUT2D eigenvalue weighted by Gasteiger charge is -2.08. The molecule has 0 aromatic heterocycles. The molecule has 104 valence electrons. The van der Waals surface area contributed by atoms with Crippen LogP contribution in [0, 0.1) is 0 Å². The number of amides is 1. The summed E-state index contributed by atoms with van der Waals surface area (Å²) in [7, 11) is 0. The van der Waals surface area contributed by atoms with E-state index in [-0.39, 0.29) is 25.4 Å². The van der Waals surface area contributed by atoms with Gasteiger partial charge in [-0.3, -0.25) is 9.59 Å². The maximum absolute atomic E-state index is 11.6. The molecule has 0 saturated heterocycles. The van der Waals surface area contributed by atoms with Crippen LogP contribution in [-0.4, -0.2) is 30.1 Å². The Hall–Kier alpha value is -1.88. The highest BCUT2D eigenvalue weighted by atomic mass is 16.4. The van der Waals surface area contributed by atoms with Gasteiger partial charge < -0.3 is 15.7 Å². The summed E-state index contributed by atoms with van der Waals surface area (Å²) >= 11 is 0. The molecular weight excluding hydrogens is 244 g/mol. The van der Waals surface area contributed by atoms with Crippen molar-refractivity contribution >= 4 is 17.6 Å². The standard InChI is InChI=1S/C14H20N2O3/c1-10(2)11-3-5-12(6-4-11)16-13(17)9-15-8-7-14(18)19/h3-6,10,15H,7-9H2,1-2H3,(H,16,17)(H,18,19). The molecule has 0 radical (unpaired) electrons. The first-order valence-corrected chi connectivity index (χ1v) is 6.31. The highest BCUT2D eigenvalue weighted by Gasteiger charge is 2.04. The molecule has 1 aromatic carbocycles. The van der Waals surface area contributed by atoms with Gasteiger partial charge in [0.2, 0.25) is 5.91 Å². The highest BCUT2D eigenvalue weighted by Crippen LogP contribution is 2.16. The second-order valence-corrected chi connectivity index (χ2v) is 4.65. The quantitative estimate of drug-likeness (QED) is 0.656. The van der Waals surface area contributed by atoms with Crippen LogP contribution in [0.2, 0.25) is 0 Å². The van der Waals surface area contributed by atoms with Crippen molar-refractivity contribution in [3.05, 3.63) is 29.8 Å². The van der Waals surface area contributed by atoms with Crippen molar-refractivity contribution in [2.75, 3.05) is 18.4 Å². The number of anilines is 1. The highest BCUT2D eigenvalue weighted by molar-refractivity contribution is 5.92. The van der Waals surface area contributed by atoms with Crippen molar-refractivity contribution in [1.29, 1.82) is 0 Å². The van der Waals surface area contributed by atoms with Gasteiger partial charge in [0.1, 0.15) is 0 Å². The molecule has 0 atom stereocenters. The minimum absolute atomic E-state index is 0.0103. The maximum atomic E-state index is 11.6. The van der Waals surface area contributed by atoms with E-state index < -0.39 is 5.97 Å². The first-order chi connectivity index (χ1) is 8.99. The molecule has 0 saturated carbocycles. The van der Waals surface area contributed by atoms with Crippen LogP contribution in [-0.2, 0) is 9.59 Å². The Balaban J connectivity index is 2.33. The molecule has 19 heavy (non-hydrogen) atoms. The van der Waals surface area contributed by atoms with E-state index in [9.17, 15) is 9.59 Å². The summed E-state index contributed by atoms with van der Waals surface area (Å²) in [5.41, 5.74) is 1.96. The second-order valence-electron chi connectivity index (χ2n) is 4.65. The zero-order valence-electron chi connectivity index (χ0n) is 11.3. The molecule has 1 aromatic rings. The van der Waals surface area contributed by atoms with Crippen LogP contribution < -0.4 is 10.6 Å². The van der Waals surface area contributed by atoms with E-state index in [4.69, 9.17) is 5.11 Å². The summed E-state index contributed by atoms with van der Waals surface area (Å²) in [5.74, 6) is -0.595. The third-order valence-electron chi connectivity index (χ3n) is 2.66. The van der Waals surface area contributed by atoms with Crippen molar-refractivity contribution in [2.24, 2.45) is 0 Å². The average Bonchev–Trinajstić information content (AvgIpc) is 2.35. The third-order valence-corrected chi connectivity index (χ3v) is 2.66. The van der Waals surface area contributed by atoms with E-state index in [0.29, 0.717) is 5.92 Å². The van der Waals surface area contributed by atoms with Crippen LogP contribution in [0.25, 0.3) is 0 Å². The van der Waals surface area contributed by atoms with Crippen LogP contribution in [0.3, 0.4) is 0 Å². The summed E-state index contributed by atoms with van der Waals surface area (Å²) < 4.78 is 0. The van der Waals surface area contributed by atoms with Gasteiger partial charge in [0.05, 0.1) is 13.0 Å². The zero-order valence-corrected chi connectivity index (χ0v) is 11.3. The predicted octanol–water partition coefficient (Wildman–Crippen LogP) is 1.81. The molecule has 0 aliphatic carbocycles. The molecule has 0 aliphatic rings. The predicted molar refractivity (Wildman–Crippen MR) is 74.3 cm³/mol. The molecule has 0 spiro atoms. The number of nitrogens with one attached hydrogen (secondary N) is 2. The summed E-state index contributed by atoms with van der Waals surface area (Å²) in [6.45, 7) is 4.62. The van der Waals surface area contributed by atoms with Crippen molar-refractivity contribution in [3.63, 3.8) is 0 Å². The molecular formula is C14H20N2O3. The van der Waals surface area contributed by atoms with Gasteiger partial charge in [0, 0.05) is 12.2 Å². The average molecular weight is 264 g/mol. The molecule has 0 heterocycles. The number of carbonyl (C=O) groups excluding carboxylic acids is 1. The minimum atomic E-state index is -0.878. The SMILES string of the molecule is CC(C)c1ccc(NC(=O)CNCCC(=O)O)cc1. The maximum Gasteiger partial charge on any atom is 0.304 e. The number of carbonyl (C=O) groups is 2. The molecule has 0 bridgehead atoms. The van der Waals surface area contributed by atoms with Crippen LogP contribution in [0.5, 0.6) is 0 Å². The van der Waals surface area contributed by atoms with Crippen LogP contribution in [0.1, 0.15) is 31.7 Å². The number of benzene rings is 1. The molecule has 1 rings (SSSR count). The summed E-state index contributed by atoms with van der Waals surface area (Å²) in [5, 5.41) is 14.0. The van der Waals surface area contributed by atoms with E-state index in [2.05, 4.69) is 24.5 Å². The first kappa shape index (κ1) is 15.2. The van der Waals surface area contributed by atoms with Gasteiger partial charge in [-0.2, -0.15) is 0 Å². The molecule has 1 amide bonds. The van der Waals surface area contributed by atoms with Gasteiger partial charge in [-0.05, 0) is 23.6 Å². The smallest absolute Gasteiger partial charge is 0.304 e. The van der Waals surface area contributed by atoms with Crippen molar-refractivity contribution in [1.82, 2.24) is 5.32 Å². The lowest BCUT2D eigenvalue weighted by molar-refractivity contribution is -0.137. The Morgan fingerprint density at radius 2 is 1.84 bits per heavy atom. The van der Waals surface area contributed by atoms with Gasteiger partial charge in [-0.25, -0.2) is 0 Å². The Kier molecular flexibility index (Phi) is 6.02. The van der Waals surface area contributed by atoms with E-state index in [1.54, 1.807) is 0 Å². The van der Waals surface area contributed by atoms with Gasteiger partial charge in [-0.15, -0.1) is 0 Å². The van der Waals surface area contributed by atoms with Crippen molar-refractivity contribution in [3.8, 4) is 0 Å². The van der Waals surface area contributed by atoms with Crippen molar-refractivity contribution < 1.29 is 14.7 Å². The van der Waals surface area contributed by atoms with E-state index in [1.807, 2.05) is 24.3 Å². The number of carboxylic acids is 1. The summed E-state index contributed by atoms with van der Waals surface area (Å²) in [6.07, 6.45) is 0.0103. The zero-order chi connectivity index (χ0) is 14.3. The van der Waals surface area contributed by atoms with Gasteiger partial charge in [0.25, 0.3) is 0 Å². The third kappa shape index (κ3) is 6.01. The minimum Gasteiger partial charge on any atom is -0.481 e. The summed E-state index contributed by atoms with van der Waals surface area (Å²) in [4.78, 5) is 21.8. The Morgan fingerprint density at radius 3 is 2.37 bits per heavy atom. The Bertz CT molecular complexity index is 427. The van der Waals surface area contributed by atoms with Crippen LogP contribution in [0.15, 0.2) is 24.3 Å². The van der Waals surface area contributed by atoms with Crippen LogP contribution >= 0.6 is 0 Å². The normalized spacial score (nSPS) is 10.5. The Morgan fingerprint density at radius 1 is 1.21 bits per heavy atom. The number of aliphatic carboxylic acids is 1. The van der Waals surface area contributed by atoms with Crippen LogP contribution in [0.4, 0.5) is 5.69 Å². The van der Waals surface area contributed by atoms with Gasteiger partial charge in [-0.1, -0.05) is 26.0 Å². The molecule has 5 heteroatoms. The molecule has 5 nitrogen and oxygen atoms in total. The molecule has 0 aliphatic heterocycles. The van der Waals surface area contributed by atoms with E-state index >= 15 is 0 Å². The van der Waals surface area contributed by atoms with E-state index in [0.717, 1.165) is 5.69 Å². The van der Waals surface area contributed by atoms with E-state index in [1.165, 1.54) is 5.56 Å². The molecule has 0 unspecified atom stereocenters. The number of hydrogen-bond donors (Lipinski definition) is 3. The Labute approximate surface area is 113 Å². The van der Waals surface area contributed by atoms with Gasteiger partial charge in [0.15, 0.2) is 0 Å². The fourth-order valence-electron chi connectivity index (χ4n) is 1.55. The lowest BCUT2D eigenvalue weighted by atomic mass is 10.0. The monoisotopic (exact) mass is 264 g/mol. The topological polar surface area (TPSA) is 78.4 Å². The summed E-state index contributed by atoms with van der Waals surface area (Å²) in [6, 6.07) is 7.70. The first-order valence-electron chi connectivity index (χ1n) is 6.31. The lowest BCUT2D eigenvalue weighted by Crippen LogP contribution is -2.29. The number of rotatable bonds is 7. The number of hydrogen-bond acceptors (Lipinski definition) is 3. The fourth-order valence-corrected chi connectivity index (χ4v) is 1.55. The van der Waals surface area contributed by atoms with Gasteiger partial charge >= 0.3 is 5.97 Å². The second kappa shape index (κ2) is 7.53. The van der Waals surface area contributed by atoms with Crippen molar-refractivity contribution in [2.45, 2.75) is 26.2 Å².